The normalized spacial score (nSPS) is 11.8. The summed E-state index contributed by atoms with van der Waals surface area (Å²) in [5.41, 5.74) is 1.11. The second kappa shape index (κ2) is 7.48. The van der Waals surface area contributed by atoms with Crippen LogP contribution in [0.15, 0.2) is 30.3 Å². The molecule has 0 bridgehead atoms. The number of aryl methyl sites for hydroxylation is 1. The molecule has 1 rings (SSSR count). The first-order valence-corrected chi connectivity index (χ1v) is 5.97. The lowest BCUT2D eigenvalue weighted by Crippen LogP contribution is -2.16. The highest BCUT2D eigenvalue weighted by atomic mass is 16.5. The van der Waals surface area contributed by atoms with Crippen molar-refractivity contribution in [3.8, 4) is 0 Å². The Kier molecular flexibility index (Phi) is 5.91. The van der Waals surface area contributed by atoms with E-state index in [2.05, 4.69) is 4.74 Å². The van der Waals surface area contributed by atoms with Crippen molar-refractivity contribution in [3.63, 3.8) is 0 Å². The van der Waals surface area contributed by atoms with Gasteiger partial charge in [-0.15, -0.1) is 0 Å². The van der Waals surface area contributed by atoms with Gasteiger partial charge in [0.05, 0.1) is 13.0 Å². The van der Waals surface area contributed by atoms with Crippen LogP contribution in [0, 0.1) is 5.92 Å². The third-order valence-electron chi connectivity index (χ3n) is 2.90. The molecule has 0 aromatic heterocycles. The monoisotopic (exact) mass is 250 g/mol. The van der Waals surface area contributed by atoms with Gasteiger partial charge in [0.15, 0.2) is 0 Å². The molecule has 0 amide bonds. The molecule has 1 atom stereocenters. The third kappa shape index (κ3) is 4.99. The first-order valence-electron chi connectivity index (χ1n) is 5.97. The fraction of sp³-hybridized carbons (Fsp3) is 0.429. The molecule has 0 saturated carbocycles. The zero-order chi connectivity index (χ0) is 13.4. The molecule has 0 aliphatic rings. The van der Waals surface area contributed by atoms with Gasteiger partial charge < -0.3 is 9.84 Å². The summed E-state index contributed by atoms with van der Waals surface area (Å²) < 4.78 is 4.51. The fourth-order valence-electron chi connectivity index (χ4n) is 1.77. The van der Waals surface area contributed by atoms with Crippen LogP contribution in [-0.4, -0.2) is 24.2 Å². The molecular weight excluding hydrogens is 232 g/mol. The zero-order valence-electron chi connectivity index (χ0n) is 10.5. The van der Waals surface area contributed by atoms with Crippen LogP contribution in [0.3, 0.4) is 0 Å². The molecule has 1 aromatic carbocycles. The number of ether oxygens (including phenoxy) is 1. The maximum Gasteiger partial charge on any atom is 0.306 e. The molecule has 0 heterocycles. The van der Waals surface area contributed by atoms with Crippen LogP contribution in [0.4, 0.5) is 0 Å². The first-order chi connectivity index (χ1) is 8.63. The minimum Gasteiger partial charge on any atom is -0.481 e. The summed E-state index contributed by atoms with van der Waals surface area (Å²) in [6.07, 6.45) is 1.73. The van der Waals surface area contributed by atoms with Gasteiger partial charge >= 0.3 is 11.9 Å². The van der Waals surface area contributed by atoms with Crippen LogP contribution in [0.2, 0.25) is 0 Å². The quantitative estimate of drug-likeness (QED) is 0.754. The largest absolute Gasteiger partial charge is 0.481 e. The summed E-state index contributed by atoms with van der Waals surface area (Å²) in [5, 5.41) is 9.08. The van der Waals surface area contributed by atoms with Crippen molar-refractivity contribution in [1.29, 1.82) is 0 Å². The van der Waals surface area contributed by atoms with Crippen molar-refractivity contribution in [3.05, 3.63) is 35.9 Å². The fourth-order valence-corrected chi connectivity index (χ4v) is 1.77. The number of methoxy groups -OCH3 is 1. The average Bonchev–Trinajstić information content (AvgIpc) is 2.39. The number of carbonyl (C=O) groups is 2. The minimum absolute atomic E-state index is 0.155. The van der Waals surface area contributed by atoms with E-state index < -0.39 is 11.9 Å². The Morgan fingerprint density at radius 2 is 1.89 bits per heavy atom. The van der Waals surface area contributed by atoms with E-state index in [1.807, 2.05) is 30.3 Å². The molecule has 0 radical (unpaired) electrons. The van der Waals surface area contributed by atoms with E-state index in [-0.39, 0.29) is 12.4 Å². The van der Waals surface area contributed by atoms with Crippen LogP contribution in [0.25, 0.3) is 0 Å². The molecule has 0 spiro atoms. The molecule has 18 heavy (non-hydrogen) atoms. The number of carboxylic acid groups (broad SMARTS) is 1. The van der Waals surface area contributed by atoms with Crippen LogP contribution < -0.4 is 0 Å². The predicted molar refractivity (Wildman–Crippen MR) is 67.1 cm³/mol. The highest BCUT2D eigenvalue weighted by Crippen LogP contribution is 2.16. The Morgan fingerprint density at radius 1 is 1.22 bits per heavy atom. The first kappa shape index (κ1) is 14.2. The summed E-state index contributed by atoms with van der Waals surface area (Å²) in [4.78, 5) is 22.1. The Labute approximate surface area is 107 Å². The Morgan fingerprint density at radius 3 is 2.44 bits per heavy atom. The maximum absolute atomic E-state index is 11.1. The lowest BCUT2D eigenvalue weighted by atomic mass is 9.95. The standard InChI is InChI=1S/C14H18O4/c1-18-13(15)10-9-12(14(16)17)8-7-11-5-3-2-4-6-11/h2-6,12H,7-10H2,1H3,(H,16,17). The van der Waals surface area contributed by atoms with E-state index in [4.69, 9.17) is 5.11 Å². The van der Waals surface area contributed by atoms with E-state index >= 15 is 0 Å². The molecule has 4 nitrogen and oxygen atoms in total. The van der Waals surface area contributed by atoms with E-state index in [0.29, 0.717) is 19.3 Å². The molecule has 1 N–H and O–H groups in total. The summed E-state index contributed by atoms with van der Waals surface area (Å²) >= 11 is 0. The van der Waals surface area contributed by atoms with Gasteiger partial charge in [-0.05, 0) is 24.8 Å². The number of esters is 1. The number of hydrogen-bond acceptors (Lipinski definition) is 3. The van der Waals surface area contributed by atoms with Crippen LogP contribution in [0.1, 0.15) is 24.8 Å². The number of carbonyl (C=O) groups excluding carboxylic acids is 1. The number of carboxylic acids is 1. The number of aliphatic carboxylic acids is 1. The van der Waals surface area contributed by atoms with Gasteiger partial charge in [-0.25, -0.2) is 0 Å². The number of hydrogen-bond donors (Lipinski definition) is 1. The second-order valence-corrected chi connectivity index (χ2v) is 4.17. The molecule has 1 unspecified atom stereocenters. The summed E-state index contributed by atoms with van der Waals surface area (Å²) in [5.74, 6) is -1.71. The van der Waals surface area contributed by atoms with Gasteiger partial charge in [0.2, 0.25) is 0 Å². The molecule has 4 heteroatoms. The summed E-state index contributed by atoms with van der Waals surface area (Å²) in [6, 6.07) is 9.73. The highest BCUT2D eigenvalue weighted by molar-refractivity contribution is 5.73. The van der Waals surface area contributed by atoms with Gasteiger partial charge in [-0.2, -0.15) is 0 Å². The van der Waals surface area contributed by atoms with Crippen molar-refractivity contribution in [2.45, 2.75) is 25.7 Å². The van der Waals surface area contributed by atoms with Crippen molar-refractivity contribution in [1.82, 2.24) is 0 Å². The molecule has 1 aromatic rings. The Bertz CT molecular complexity index is 386. The van der Waals surface area contributed by atoms with E-state index in [1.165, 1.54) is 7.11 Å². The van der Waals surface area contributed by atoms with Gasteiger partial charge in [-0.1, -0.05) is 30.3 Å². The Balaban J connectivity index is 2.43. The summed E-state index contributed by atoms with van der Waals surface area (Å²) in [6.45, 7) is 0. The number of rotatable bonds is 7. The highest BCUT2D eigenvalue weighted by Gasteiger charge is 2.18. The molecule has 0 saturated heterocycles. The van der Waals surface area contributed by atoms with E-state index in [0.717, 1.165) is 5.56 Å². The SMILES string of the molecule is COC(=O)CCC(CCc1ccccc1)C(=O)O. The summed E-state index contributed by atoms with van der Waals surface area (Å²) in [7, 11) is 1.31. The minimum atomic E-state index is -0.852. The smallest absolute Gasteiger partial charge is 0.306 e. The predicted octanol–water partition coefficient (Wildman–Crippen LogP) is 2.27. The van der Waals surface area contributed by atoms with Gasteiger partial charge in [0.1, 0.15) is 0 Å². The topological polar surface area (TPSA) is 63.6 Å². The second-order valence-electron chi connectivity index (χ2n) is 4.17. The van der Waals surface area contributed by atoms with Crippen LogP contribution in [0.5, 0.6) is 0 Å². The Hall–Kier alpha value is -1.84. The lowest BCUT2D eigenvalue weighted by Gasteiger charge is -2.11. The maximum atomic E-state index is 11.1. The van der Waals surface area contributed by atoms with E-state index in [1.54, 1.807) is 0 Å². The van der Waals surface area contributed by atoms with Crippen molar-refractivity contribution < 1.29 is 19.4 Å². The molecular formula is C14H18O4. The van der Waals surface area contributed by atoms with Gasteiger partial charge in [0.25, 0.3) is 0 Å². The van der Waals surface area contributed by atoms with Crippen molar-refractivity contribution in [2.75, 3.05) is 7.11 Å². The molecule has 0 fully saturated rings. The van der Waals surface area contributed by atoms with Crippen LogP contribution >= 0.6 is 0 Å². The van der Waals surface area contributed by atoms with E-state index in [9.17, 15) is 9.59 Å². The number of benzene rings is 1. The third-order valence-corrected chi connectivity index (χ3v) is 2.90. The molecule has 98 valence electrons. The lowest BCUT2D eigenvalue weighted by molar-refractivity contribution is -0.144. The van der Waals surface area contributed by atoms with Gasteiger partial charge in [0, 0.05) is 6.42 Å². The van der Waals surface area contributed by atoms with Crippen molar-refractivity contribution in [2.24, 2.45) is 5.92 Å². The average molecular weight is 250 g/mol. The molecule has 0 aliphatic carbocycles. The zero-order valence-corrected chi connectivity index (χ0v) is 10.5. The van der Waals surface area contributed by atoms with Crippen LogP contribution in [-0.2, 0) is 20.7 Å². The molecule has 0 aliphatic heterocycles. The van der Waals surface area contributed by atoms with Crippen molar-refractivity contribution >= 4 is 11.9 Å². The van der Waals surface area contributed by atoms with Gasteiger partial charge in [-0.3, -0.25) is 9.59 Å².